The summed E-state index contributed by atoms with van der Waals surface area (Å²) in [7, 11) is 0. The molecule has 138 valence electrons. The number of carboxylic acid groups (broad SMARTS) is 1. The fourth-order valence-corrected chi connectivity index (χ4v) is 3.97. The lowest BCUT2D eigenvalue weighted by molar-refractivity contribution is -0.384. The van der Waals surface area contributed by atoms with Crippen LogP contribution in [0.2, 0.25) is 0 Å². The highest BCUT2D eigenvalue weighted by atomic mass is 32.2. The van der Waals surface area contributed by atoms with Crippen LogP contribution in [0.25, 0.3) is 0 Å². The lowest BCUT2D eigenvalue weighted by Crippen LogP contribution is -2.32. The molecule has 1 aliphatic rings. The summed E-state index contributed by atoms with van der Waals surface area (Å²) in [6, 6.07) is 10.0. The third-order valence-corrected chi connectivity index (χ3v) is 5.39. The van der Waals surface area contributed by atoms with Crippen LogP contribution >= 0.6 is 11.8 Å². The molecule has 0 bridgehead atoms. The molecule has 0 aromatic heterocycles. The second kappa shape index (κ2) is 7.20. The van der Waals surface area contributed by atoms with Gasteiger partial charge in [-0.1, -0.05) is 24.3 Å². The summed E-state index contributed by atoms with van der Waals surface area (Å²) in [5.41, 5.74) is 0.418. The number of hydrogen-bond acceptors (Lipinski definition) is 7. The predicted octanol–water partition coefficient (Wildman–Crippen LogP) is 1.69. The third-order valence-electron chi connectivity index (χ3n) is 4.13. The first-order valence-electron chi connectivity index (χ1n) is 7.88. The Morgan fingerprint density at radius 1 is 1.22 bits per heavy atom. The molecule has 3 rings (SSSR count). The van der Waals surface area contributed by atoms with Gasteiger partial charge in [0.15, 0.2) is 0 Å². The molecule has 0 radical (unpaired) electrons. The number of nitro benzene ring substituents is 1. The maximum absolute atomic E-state index is 12.8. The maximum atomic E-state index is 12.8. The zero-order valence-corrected chi connectivity index (χ0v) is 14.9. The molecule has 1 heterocycles. The van der Waals surface area contributed by atoms with Gasteiger partial charge in [0.2, 0.25) is 11.8 Å². The second-order valence-electron chi connectivity index (χ2n) is 5.89. The van der Waals surface area contributed by atoms with Crippen LogP contribution in [0.5, 0.6) is 0 Å². The highest BCUT2D eigenvalue weighted by Gasteiger charge is 2.41. The van der Waals surface area contributed by atoms with Gasteiger partial charge in [0.1, 0.15) is 0 Å². The van der Waals surface area contributed by atoms with Gasteiger partial charge in [0.05, 0.1) is 21.8 Å². The highest BCUT2D eigenvalue weighted by Crippen LogP contribution is 2.37. The third kappa shape index (κ3) is 3.54. The molecule has 27 heavy (non-hydrogen) atoms. The Balaban J connectivity index is 1.92. The Hall–Kier alpha value is -3.20. The van der Waals surface area contributed by atoms with E-state index in [-0.39, 0.29) is 23.4 Å². The van der Waals surface area contributed by atoms with Crippen LogP contribution in [0, 0.1) is 17.0 Å². The van der Waals surface area contributed by atoms with Gasteiger partial charge < -0.3 is 9.90 Å². The summed E-state index contributed by atoms with van der Waals surface area (Å²) < 4.78 is 0. The van der Waals surface area contributed by atoms with Gasteiger partial charge >= 0.3 is 0 Å². The number of imide groups is 1. The van der Waals surface area contributed by atoms with Crippen LogP contribution in [-0.2, 0) is 9.59 Å². The van der Waals surface area contributed by atoms with E-state index in [0.717, 1.165) is 16.7 Å². The Kier molecular flexibility index (Phi) is 4.95. The van der Waals surface area contributed by atoms with Crippen molar-refractivity contribution in [2.24, 2.45) is 0 Å². The summed E-state index contributed by atoms with van der Waals surface area (Å²) in [4.78, 5) is 48.1. The number of benzene rings is 2. The molecule has 0 aliphatic carbocycles. The minimum Gasteiger partial charge on any atom is -0.545 e. The van der Waals surface area contributed by atoms with Crippen LogP contribution in [0.3, 0.4) is 0 Å². The molecule has 1 aliphatic heterocycles. The van der Waals surface area contributed by atoms with E-state index in [1.807, 2.05) is 0 Å². The molecular formula is C18H13N2O6S-. The number of carbonyl (C=O) groups is 3. The largest absolute Gasteiger partial charge is 0.545 e. The molecule has 0 saturated carbocycles. The van der Waals surface area contributed by atoms with Crippen molar-refractivity contribution in [2.75, 3.05) is 4.90 Å². The van der Waals surface area contributed by atoms with Crippen LogP contribution in [0.4, 0.5) is 11.4 Å². The number of hydrogen-bond donors (Lipinski definition) is 0. The number of aromatic carboxylic acids is 1. The number of amides is 2. The minimum atomic E-state index is -1.37. The number of nitrogens with zero attached hydrogens (tertiary/aromatic N) is 2. The zero-order chi connectivity index (χ0) is 19.7. The number of rotatable bonds is 5. The Morgan fingerprint density at radius 3 is 2.59 bits per heavy atom. The average Bonchev–Trinajstić information content (AvgIpc) is 2.89. The van der Waals surface area contributed by atoms with Gasteiger partial charge in [-0.3, -0.25) is 19.7 Å². The monoisotopic (exact) mass is 385 g/mol. The van der Waals surface area contributed by atoms with Gasteiger partial charge in [0.25, 0.3) is 5.69 Å². The van der Waals surface area contributed by atoms with E-state index in [1.165, 1.54) is 36.4 Å². The number of anilines is 1. The van der Waals surface area contributed by atoms with Crippen molar-refractivity contribution in [3.05, 3.63) is 63.7 Å². The summed E-state index contributed by atoms with van der Waals surface area (Å²) in [6.07, 6.45) is -0.132. The van der Waals surface area contributed by atoms with Gasteiger partial charge in [-0.2, -0.15) is 0 Å². The molecule has 0 unspecified atom stereocenters. The molecule has 2 aromatic rings. The number of carbonyl (C=O) groups excluding carboxylic acids is 3. The fraction of sp³-hybridized carbons (Fsp3) is 0.167. The van der Waals surface area contributed by atoms with Crippen molar-refractivity contribution in [1.82, 2.24) is 0 Å². The number of non-ortho nitro benzene ring substituents is 1. The van der Waals surface area contributed by atoms with Crippen LogP contribution in [0.1, 0.15) is 22.3 Å². The van der Waals surface area contributed by atoms with E-state index in [9.17, 15) is 29.6 Å². The predicted molar refractivity (Wildman–Crippen MR) is 95.4 cm³/mol. The topological polar surface area (TPSA) is 121 Å². The van der Waals surface area contributed by atoms with Crippen molar-refractivity contribution in [2.45, 2.75) is 23.5 Å². The van der Waals surface area contributed by atoms with E-state index in [2.05, 4.69) is 0 Å². The first kappa shape index (κ1) is 18.6. The summed E-state index contributed by atoms with van der Waals surface area (Å²) >= 11 is 0.966. The molecule has 2 amide bonds. The van der Waals surface area contributed by atoms with Crippen LogP contribution < -0.4 is 10.0 Å². The SMILES string of the molecule is Cc1ccc([N+](=O)[O-])cc1N1C(=O)C[C@@H](Sc2ccccc2C(=O)[O-])C1=O. The van der Waals surface area contributed by atoms with Crippen LogP contribution in [-0.4, -0.2) is 28.0 Å². The Morgan fingerprint density at radius 2 is 1.93 bits per heavy atom. The number of aryl methyl sites for hydroxylation is 1. The number of nitro groups is 1. The molecule has 2 aromatic carbocycles. The second-order valence-corrected chi connectivity index (χ2v) is 7.13. The maximum Gasteiger partial charge on any atom is 0.271 e. The van der Waals surface area contributed by atoms with E-state index in [4.69, 9.17) is 0 Å². The van der Waals surface area contributed by atoms with Crippen molar-refractivity contribution in [1.29, 1.82) is 0 Å². The van der Waals surface area contributed by atoms with Gasteiger partial charge in [0, 0.05) is 29.0 Å². The molecule has 1 saturated heterocycles. The zero-order valence-electron chi connectivity index (χ0n) is 14.1. The lowest BCUT2D eigenvalue weighted by Gasteiger charge is -2.17. The first-order valence-corrected chi connectivity index (χ1v) is 8.76. The molecular weight excluding hydrogens is 372 g/mol. The quantitative estimate of drug-likeness (QED) is 0.436. The standard InChI is InChI=1S/C18H14N2O6S/c1-10-6-7-11(20(25)26)8-13(10)19-16(21)9-15(17(19)22)27-14-5-3-2-4-12(14)18(23)24/h2-8,15H,9H2,1H3,(H,23,24)/p-1/t15-/m1/s1. The van der Waals surface area contributed by atoms with Crippen molar-refractivity contribution >= 4 is 40.9 Å². The molecule has 0 N–H and O–H groups in total. The molecule has 1 fully saturated rings. The van der Waals surface area contributed by atoms with E-state index in [1.54, 1.807) is 13.0 Å². The minimum absolute atomic E-state index is 0.0623. The summed E-state index contributed by atoms with van der Waals surface area (Å²) in [5, 5.41) is 21.4. The van der Waals surface area contributed by atoms with Gasteiger partial charge in [-0.15, -0.1) is 11.8 Å². The lowest BCUT2D eigenvalue weighted by atomic mass is 10.1. The fourth-order valence-electron chi connectivity index (χ4n) is 2.79. The number of thioether (sulfide) groups is 1. The molecule has 9 heteroatoms. The Bertz CT molecular complexity index is 974. The molecule has 0 spiro atoms. The van der Waals surface area contributed by atoms with Crippen molar-refractivity contribution in [3.63, 3.8) is 0 Å². The normalized spacial score (nSPS) is 16.6. The van der Waals surface area contributed by atoms with Crippen LogP contribution in [0.15, 0.2) is 47.4 Å². The van der Waals surface area contributed by atoms with Crippen molar-refractivity contribution < 1.29 is 24.4 Å². The Labute approximate surface area is 157 Å². The number of carboxylic acids is 1. The average molecular weight is 385 g/mol. The smallest absolute Gasteiger partial charge is 0.271 e. The highest BCUT2D eigenvalue weighted by molar-refractivity contribution is 8.00. The molecule has 8 nitrogen and oxygen atoms in total. The van der Waals surface area contributed by atoms with E-state index >= 15 is 0 Å². The first-order chi connectivity index (χ1) is 12.8. The summed E-state index contributed by atoms with van der Waals surface area (Å²) in [5.74, 6) is -2.41. The van der Waals surface area contributed by atoms with Gasteiger partial charge in [-0.25, -0.2) is 4.90 Å². The van der Waals surface area contributed by atoms with Crippen molar-refractivity contribution in [3.8, 4) is 0 Å². The van der Waals surface area contributed by atoms with Gasteiger partial charge in [-0.05, 0) is 18.6 Å². The van der Waals surface area contributed by atoms with E-state index < -0.39 is 28.0 Å². The molecule has 1 atom stereocenters. The van der Waals surface area contributed by atoms with E-state index in [0.29, 0.717) is 10.5 Å². The summed E-state index contributed by atoms with van der Waals surface area (Å²) in [6.45, 7) is 1.64.